The summed E-state index contributed by atoms with van der Waals surface area (Å²) in [5.41, 5.74) is -0.666. The van der Waals surface area contributed by atoms with Crippen LogP contribution in [0.25, 0.3) is 0 Å². The summed E-state index contributed by atoms with van der Waals surface area (Å²) in [4.78, 5) is 7.75. The lowest BCUT2D eigenvalue weighted by Crippen LogP contribution is -2.04. The van der Waals surface area contributed by atoms with E-state index >= 15 is 0 Å². The minimum absolute atomic E-state index is 0.139. The first-order chi connectivity index (χ1) is 7.95. The van der Waals surface area contributed by atoms with Gasteiger partial charge in [0.2, 0.25) is 0 Å². The van der Waals surface area contributed by atoms with Crippen molar-refractivity contribution in [2.24, 2.45) is 0 Å². The predicted molar refractivity (Wildman–Crippen MR) is 53.4 cm³/mol. The minimum atomic E-state index is -4.45. The Morgan fingerprint density at radius 1 is 1.24 bits per heavy atom. The summed E-state index contributed by atoms with van der Waals surface area (Å²) in [5.74, 6) is 0.367. The van der Waals surface area contributed by atoms with Gasteiger partial charge in [0.1, 0.15) is 5.82 Å². The van der Waals surface area contributed by atoms with Crippen molar-refractivity contribution in [3.8, 4) is 0 Å². The van der Waals surface area contributed by atoms with Crippen LogP contribution in [0.1, 0.15) is 17.2 Å². The van der Waals surface area contributed by atoms with Crippen LogP contribution in [0.15, 0.2) is 18.5 Å². The van der Waals surface area contributed by atoms with Crippen LogP contribution in [0, 0.1) is 0 Å². The van der Waals surface area contributed by atoms with E-state index in [1.807, 2.05) is 0 Å². The Hall–Kier alpha value is -1.63. The molecule has 2 rings (SSSR count). The molecule has 0 bridgehead atoms. The molecule has 4 nitrogen and oxygen atoms in total. The Kier molecular flexibility index (Phi) is 3.01. The van der Waals surface area contributed by atoms with Crippen LogP contribution in [-0.4, -0.2) is 20.2 Å². The number of halogens is 4. The second-order valence-electron chi connectivity index (χ2n) is 3.27. The van der Waals surface area contributed by atoms with Crippen LogP contribution in [0.3, 0.4) is 0 Å². The molecule has 0 saturated heterocycles. The molecule has 17 heavy (non-hydrogen) atoms. The molecule has 2 heterocycles. The molecule has 0 atom stereocenters. The van der Waals surface area contributed by atoms with E-state index in [1.54, 1.807) is 0 Å². The molecule has 0 aliphatic rings. The lowest BCUT2D eigenvalue weighted by molar-refractivity contribution is -0.141. The first-order valence-corrected chi connectivity index (χ1v) is 4.91. The van der Waals surface area contributed by atoms with Crippen molar-refractivity contribution >= 4 is 11.6 Å². The highest BCUT2D eigenvalue weighted by molar-refractivity contribution is 6.30. The minimum Gasteiger partial charge on any atom is -0.282 e. The van der Waals surface area contributed by atoms with E-state index < -0.39 is 11.9 Å². The van der Waals surface area contributed by atoms with Crippen LogP contribution in [0.5, 0.6) is 0 Å². The van der Waals surface area contributed by atoms with Gasteiger partial charge in [-0.2, -0.15) is 18.3 Å². The average Bonchev–Trinajstić information content (AvgIpc) is 2.69. The van der Waals surface area contributed by atoms with Gasteiger partial charge in [0.05, 0.1) is 5.02 Å². The van der Waals surface area contributed by atoms with Crippen molar-refractivity contribution in [2.45, 2.75) is 12.6 Å². The number of rotatable bonds is 2. The summed E-state index contributed by atoms with van der Waals surface area (Å²) in [5, 5.41) is 5.83. The van der Waals surface area contributed by atoms with Crippen molar-refractivity contribution in [3.63, 3.8) is 0 Å². The summed E-state index contributed by atoms with van der Waals surface area (Å²) >= 11 is 5.58. The van der Waals surface area contributed by atoms with E-state index in [0.717, 1.165) is 6.07 Å². The number of nitrogens with one attached hydrogen (secondary N) is 1. The van der Waals surface area contributed by atoms with Crippen LogP contribution < -0.4 is 0 Å². The first-order valence-electron chi connectivity index (χ1n) is 4.53. The average molecular weight is 263 g/mol. The summed E-state index contributed by atoms with van der Waals surface area (Å²) < 4.78 is 36.8. The number of H-pyrrole nitrogens is 1. The molecule has 2 aromatic rings. The van der Waals surface area contributed by atoms with E-state index in [2.05, 4.69) is 20.2 Å². The highest BCUT2D eigenvalue weighted by atomic mass is 35.5. The fourth-order valence-corrected chi connectivity index (χ4v) is 1.30. The van der Waals surface area contributed by atoms with Crippen molar-refractivity contribution in [1.82, 2.24) is 20.2 Å². The molecule has 0 fully saturated rings. The Bertz CT molecular complexity index is 506. The van der Waals surface area contributed by atoms with E-state index in [-0.39, 0.29) is 6.42 Å². The molecule has 2 aromatic heterocycles. The van der Waals surface area contributed by atoms with Gasteiger partial charge in [-0.15, -0.1) is 0 Å². The molecular weight excluding hydrogens is 257 g/mol. The Balaban J connectivity index is 2.14. The number of alkyl halides is 3. The molecule has 90 valence electrons. The van der Waals surface area contributed by atoms with Gasteiger partial charge in [-0.05, 0) is 6.07 Å². The maximum Gasteiger partial charge on any atom is 0.435 e. The lowest BCUT2D eigenvalue weighted by Gasteiger charge is -1.99. The van der Waals surface area contributed by atoms with Gasteiger partial charge in [0.25, 0.3) is 0 Å². The van der Waals surface area contributed by atoms with E-state index in [0.29, 0.717) is 16.5 Å². The van der Waals surface area contributed by atoms with Crippen LogP contribution >= 0.6 is 11.6 Å². The Labute approximate surface area is 98.9 Å². The summed E-state index contributed by atoms with van der Waals surface area (Å²) in [7, 11) is 0. The van der Waals surface area contributed by atoms with Crippen molar-refractivity contribution < 1.29 is 13.2 Å². The number of aromatic nitrogens is 4. The topological polar surface area (TPSA) is 54.5 Å². The second-order valence-corrected chi connectivity index (χ2v) is 3.71. The van der Waals surface area contributed by atoms with Crippen LogP contribution in [-0.2, 0) is 12.6 Å². The van der Waals surface area contributed by atoms with Gasteiger partial charge in [-0.3, -0.25) is 5.10 Å². The van der Waals surface area contributed by atoms with Gasteiger partial charge in [-0.1, -0.05) is 11.6 Å². The third kappa shape index (κ3) is 2.94. The summed E-state index contributed by atoms with van der Waals surface area (Å²) in [6.45, 7) is 0. The van der Waals surface area contributed by atoms with Crippen LogP contribution in [0.2, 0.25) is 5.02 Å². The molecule has 0 spiro atoms. The lowest BCUT2D eigenvalue weighted by atomic mass is 10.2. The Morgan fingerprint density at radius 3 is 2.41 bits per heavy atom. The number of hydrogen-bond acceptors (Lipinski definition) is 3. The fraction of sp³-hybridized carbons (Fsp3) is 0.222. The third-order valence-electron chi connectivity index (χ3n) is 1.94. The quantitative estimate of drug-likeness (QED) is 0.904. The molecule has 0 amide bonds. The van der Waals surface area contributed by atoms with Crippen LogP contribution in [0.4, 0.5) is 13.2 Å². The fourth-order valence-electron chi connectivity index (χ4n) is 1.20. The summed E-state index contributed by atoms with van der Waals surface area (Å²) in [6, 6.07) is 0.929. The third-order valence-corrected chi connectivity index (χ3v) is 2.14. The smallest absolute Gasteiger partial charge is 0.282 e. The predicted octanol–water partition coefficient (Wildman–Crippen LogP) is 2.46. The monoisotopic (exact) mass is 262 g/mol. The SMILES string of the molecule is FC(F)(F)c1cc(Cc2ncc(Cl)cn2)[nH]n1. The zero-order valence-corrected chi connectivity index (χ0v) is 9.05. The standard InChI is InChI=1S/C9H6ClF3N4/c10-5-3-14-8(15-4-5)2-6-1-7(17-16-6)9(11,12)13/h1,3-4H,2H2,(H,16,17). The van der Waals surface area contributed by atoms with Gasteiger partial charge < -0.3 is 0 Å². The Morgan fingerprint density at radius 2 is 1.88 bits per heavy atom. The molecular formula is C9H6ClF3N4. The molecule has 0 radical (unpaired) electrons. The van der Waals surface area contributed by atoms with Gasteiger partial charge in [0.15, 0.2) is 5.69 Å². The van der Waals surface area contributed by atoms with Gasteiger partial charge in [0, 0.05) is 24.5 Å². The van der Waals surface area contributed by atoms with Crippen molar-refractivity contribution in [3.05, 3.63) is 40.7 Å². The molecule has 0 aliphatic carbocycles. The van der Waals surface area contributed by atoms with Gasteiger partial charge in [-0.25, -0.2) is 9.97 Å². The highest BCUT2D eigenvalue weighted by Crippen LogP contribution is 2.27. The van der Waals surface area contributed by atoms with Crippen molar-refractivity contribution in [2.75, 3.05) is 0 Å². The normalized spacial score (nSPS) is 11.8. The summed E-state index contributed by atoms with van der Waals surface area (Å²) in [6.07, 6.45) is -1.55. The zero-order valence-electron chi connectivity index (χ0n) is 8.29. The molecule has 8 heteroatoms. The number of nitrogens with zero attached hydrogens (tertiary/aromatic N) is 3. The largest absolute Gasteiger partial charge is 0.435 e. The van der Waals surface area contributed by atoms with Crippen molar-refractivity contribution in [1.29, 1.82) is 0 Å². The molecule has 0 saturated carbocycles. The first kappa shape index (κ1) is 11.8. The van der Waals surface area contributed by atoms with Gasteiger partial charge >= 0.3 is 6.18 Å². The maximum absolute atomic E-state index is 12.3. The molecule has 0 unspecified atom stereocenters. The van der Waals surface area contributed by atoms with E-state index in [9.17, 15) is 13.2 Å². The number of aromatic amines is 1. The zero-order chi connectivity index (χ0) is 12.5. The molecule has 0 aliphatic heterocycles. The molecule has 0 aromatic carbocycles. The second kappa shape index (κ2) is 4.33. The molecule has 1 N–H and O–H groups in total. The van der Waals surface area contributed by atoms with E-state index in [1.165, 1.54) is 12.4 Å². The highest BCUT2D eigenvalue weighted by Gasteiger charge is 2.33. The maximum atomic E-state index is 12.3. The number of hydrogen-bond donors (Lipinski definition) is 1. The van der Waals surface area contributed by atoms with E-state index in [4.69, 9.17) is 11.6 Å².